The van der Waals surface area contributed by atoms with Crippen LogP contribution in [0.3, 0.4) is 0 Å². The van der Waals surface area contributed by atoms with Crippen molar-refractivity contribution in [2.45, 2.75) is 44.2 Å². The number of aromatic nitrogens is 5. The van der Waals surface area contributed by atoms with Crippen LogP contribution in [-0.2, 0) is 12.5 Å². The van der Waals surface area contributed by atoms with Crippen molar-refractivity contribution in [2.75, 3.05) is 25.4 Å². The first-order chi connectivity index (χ1) is 17.0. The molecule has 10 heteroatoms. The molecule has 2 atom stereocenters. The second-order valence-electron chi connectivity index (χ2n) is 9.90. The molecule has 0 radical (unpaired) electrons. The highest BCUT2D eigenvalue weighted by Gasteiger charge is 2.60. The van der Waals surface area contributed by atoms with Crippen molar-refractivity contribution in [1.82, 2.24) is 29.8 Å². The van der Waals surface area contributed by atoms with Gasteiger partial charge in [0.1, 0.15) is 5.76 Å². The zero-order valence-corrected chi connectivity index (χ0v) is 22.7. The van der Waals surface area contributed by atoms with Gasteiger partial charge < -0.3 is 18.4 Å². The minimum absolute atomic E-state index is 0. The fourth-order valence-electron chi connectivity index (χ4n) is 5.67. The molecule has 0 spiro atoms. The van der Waals surface area contributed by atoms with Gasteiger partial charge in [-0.3, -0.25) is 0 Å². The molecule has 36 heavy (non-hydrogen) atoms. The summed E-state index contributed by atoms with van der Waals surface area (Å²) in [7, 11) is 1.98. The Morgan fingerprint density at radius 2 is 1.92 bits per heavy atom. The summed E-state index contributed by atoms with van der Waals surface area (Å²) < 4.78 is 12.8. The van der Waals surface area contributed by atoms with E-state index in [2.05, 4.69) is 49.5 Å². The van der Waals surface area contributed by atoms with E-state index in [1.54, 1.807) is 11.8 Å². The molecule has 2 aliphatic rings. The number of aryl methyl sites for hydroxylation is 3. The maximum absolute atomic E-state index is 5.48. The summed E-state index contributed by atoms with van der Waals surface area (Å²) in [6.07, 6.45) is 3.89. The second kappa shape index (κ2) is 9.68. The molecule has 8 nitrogen and oxygen atoms in total. The number of hydrogen-bond acceptors (Lipinski definition) is 8. The van der Waals surface area contributed by atoms with Gasteiger partial charge in [0.15, 0.2) is 17.3 Å². The summed E-state index contributed by atoms with van der Waals surface area (Å²) in [6, 6.07) is 9.12. The minimum atomic E-state index is 0. The van der Waals surface area contributed by atoms with Crippen molar-refractivity contribution in [3.63, 3.8) is 0 Å². The molecule has 1 aromatic carbocycles. The monoisotopic (exact) mass is 526 g/mol. The van der Waals surface area contributed by atoms with Crippen LogP contribution >= 0.6 is 24.2 Å². The molecule has 1 aliphatic carbocycles. The molecule has 0 amide bonds. The summed E-state index contributed by atoms with van der Waals surface area (Å²) in [5.41, 5.74) is 5.92. The van der Waals surface area contributed by atoms with Gasteiger partial charge in [0.25, 0.3) is 0 Å². The molecule has 6 rings (SSSR count). The van der Waals surface area contributed by atoms with Crippen LogP contribution in [0.2, 0.25) is 0 Å². The van der Waals surface area contributed by atoms with Crippen molar-refractivity contribution < 1.29 is 8.94 Å². The van der Waals surface area contributed by atoms with E-state index in [0.717, 1.165) is 64.9 Å². The van der Waals surface area contributed by atoms with Gasteiger partial charge in [-0.15, -0.1) is 22.6 Å². The van der Waals surface area contributed by atoms with Gasteiger partial charge in [-0.25, -0.2) is 4.98 Å². The Hall–Kier alpha value is -2.62. The highest BCUT2D eigenvalue weighted by Crippen LogP contribution is 2.59. The highest BCUT2D eigenvalue weighted by atomic mass is 35.5. The number of piperidine rings is 1. The molecule has 2 fully saturated rings. The predicted octanol–water partition coefficient (Wildman–Crippen LogP) is 5.23. The van der Waals surface area contributed by atoms with Gasteiger partial charge in [-0.05, 0) is 57.2 Å². The SMILES string of the molecule is Cc1ncoc1-c1nnc(SCCCN2C[C@H]3C[C@@]3(c3ccc(-c4c(C)noc4C)cc3)C2)n1C.Cl. The van der Waals surface area contributed by atoms with Crippen molar-refractivity contribution >= 4 is 24.2 Å². The van der Waals surface area contributed by atoms with Crippen LogP contribution in [0.5, 0.6) is 0 Å². The quantitative estimate of drug-likeness (QED) is 0.228. The zero-order chi connectivity index (χ0) is 24.2. The molecule has 190 valence electrons. The molecule has 3 aromatic heterocycles. The normalized spacial score (nSPS) is 20.9. The molecule has 1 saturated carbocycles. The van der Waals surface area contributed by atoms with Crippen molar-refractivity contribution in [1.29, 1.82) is 0 Å². The molecule has 4 aromatic rings. The number of halogens is 1. The van der Waals surface area contributed by atoms with Gasteiger partial charge in [0.05, 0.1) is 11.4 Å². The number of oxazole rings is 1. The fourth-order valence-corrected chi connectivity index (χ4v) is 6.51. The minimum Gasteiger partial charge on any atom is -0.440 e. The van der Waals surface area contributed by atoms with E-state index in [1.165, 1.54) is 30.5 Å². The number of hydrogen-bond donors (Lipinski definition) is 0. The van der Waals surface area contributed by atoms with E-state index in [1.807, 2.05) is 32.4 Å². The van der Waals surface area contributed by atoms with E-state index in [4.69, 9.17) is 8.94 Å². The zero-order valence-electron chi connectivity index (χ0n) is 21.0. The first-order valence-corrected chi connectivity index (χ1v) is 13.1. The van der Waals surface area contributed by atoms with Crippen molar-refractivity contribution in [3.05, 3.63) is 53.4 Å². The molecular weight excluding hydrogens is 496 g/mol. The van der Waals surface area contributed by atoms with Crippen LogP contribution in [-0.4, -0.2) is 55.2 Å². The lowest BCUT2D eigenvalue weighted by Gasteiger charge is -2.21. The predicted molar refractivity (Wildman–Crippen MR) is 141 cm³/mol. The fraction of sp³-hybridized carbons (Fsp3) is 0.462. The maximum Gasteiger partial charge on any atom is 0.202 e. The van der Waals surface area contributed by atoms with E-state index in [0.29, 0.717) is 11.2 Å². The Morgan fingerprint density at radius 1 is 1.11 bits per heavy atom. The third-order valence-electron chi connectivity index (χ3n) is 7.63. The standard InChI is InChI=1S/C26H30N6O2S.ClH/c1-16-22(18(3)34-30-16)19-6-8-20(9-7-19)26-12-21(26)13-32(14-26)10-5-11-35-25-29-28-24(31(25)4)23-17(2)27-15-33-23;/h6-9,15,21H,5,10-14H2,1-4H3;1H/t21-,26+;/m1./s1. The number of likely N-dealkylation sites (tertiary alicyclic amines) is 1. The second-order valence-corrected chi connectivity index (χ2v) is 11.0. The number of rotatable bonds is 8. The number of fused-ring (bicyclic) bond motifs is 1. The van der Waals surface area contributed by atoms with E-state index < -0.39 is 0 Å². The summed E-state index contributed by atoms with van der Waals surface area (Å²) in [4.78, 5) is 6.79. The van der Waals surface area contributed by atoms with E-state index >= 15 is 0 Å². The lowest BCUT2D eigenvalue weighted by atomic mass is 9.92. The van der Waals surface area contributed by atoms with Crippen molar-refractivity contribution in [3.8, 4) is 22.7 Å². The van der Waals surface area contributed by atoms with Gasteiger partial charge in [-0.1, -0.05) is 41.2 Å². The summed E-state index contributed by atoms with van der Waals surface area (Å²) in [5.74, 6) is 4.10. The third-order valence-corrected chi connectivity index (χ3v) is 8.74. The first kappa shape index (κ1) is 25.0. The van der Waals surface area contributed by atoms with Crippen LogP contribution in [0.15, 0.2) is 44.8 Å². The number of nitrogens with zero attached hydrogens (tertiary/aromatic N) is 6. The average molecular weight is 527 g/mol. The molecular formula is C26H31ClN6O2S. The van der Waals surface area contributed by atoms with E-state index in [-0.39, 0.29) is 12.4 Å². The Bertz CT molecular complexity index is 1340. The van der Waals surface area contributed by atoms with Gasteiger partial charge in [0.2, 0.25) is 5.82 Å². The van der Waals surface area contributed by atoms with Crippen LogP contribution in [0.25, 0.3) is 22.7 Å². The number of thioether (sulfide) groups is 1. The topological polar surface area (TPSA) is 86.0 Å². The van der Waals surface area contributed by atoms with Crippen LogP contribution in [0.1, 0.15) is 35.6 Å². The highest BCUT2D eigenvalue weighted by molar-refractivity contribution is 7.99. The summed E-state index contributed by atoms with van der Waals surface area (Å²) in [6.45, 7) is 9.38. The average Bonchev–Trinajstić information content (AvgIpc) is 3.26. The van der Waals surface area contributed by atoms with E-state index in [9.17, 15) is 0 Å². The van der Waals surface area contributed by atoms with Gasteiger partial charge >= 0.3 is 0 Å². The molecule has 0 N–H and O–H groups in total. The molecule has 0 bridgehead atoms. The Morgan fingerprint density at radius 3 is 2.61 bits per heavy atom. The lowest BCUT2D eigenvalue weighted by molar-refractivity contribution is 0.299. The summed E-state index contributed by atoms with van der Waals surface area (Å²) >= 11 is 1.75. The Labute approximate surface area is 221 Å². The molecule has 1 aliphatic heterocycles. The van der Waals surface area contributed by atoms with Crippen molar-refractivity contribution in [2.24, 2.45) is 13.0 Å². The molecule has 4 heterocycles. The van der Waals surface area contributed by atoms with Crippen LogP contribution < -0.4 is 0 Å². The largest absolute Gasteiger partial charge is 0.440 e. The van der Waals surface area contributed by atoms with Gasteiger partial charge in [-0.2, -0.15) is 0 Å². The Balaban J connectivity index is 0.00000267. The van der Waals surface area contributed by atoms with Crippen LogP contribution in [0, 0.1) is 26.7 Å². The first-order valence-electron chi connectivity index (χ1n) is 12.1. The van der Waals surface area contributed by atoms with Gasteiger partial charge in [0, 0.05) is 36.9 Å². The number of benzene rings is 1. The maximum atomic E-state index is 5.48. The lowest BCUT2D eigenvalue weighted by Crippen LogP contribution is -2.27. The Kier molecular flexibility index (Phi) is 6.74. The smallest absolute Gasteiger partial charge is 0.202 e. The van der Waals surface area contributed by atoms with Crippen LogP contribution in [0.4, 0.5) is 0 Å². The molecule has 0 unspecified atom stereocenters. The summed E-state index contributed by atoms with van der Waals surface area (Å²) in [5, 5.41) is 13.7. The molecule has 1 saturated heterocycles. The third kappa shape index (κ3) is 4.27.